The second kappa shape index (κ2) is 6.41. The summed E-state index contributed by atoms with van der Waals surface area (Å²) in [4.78, 5) is 2.44. The van der Waals surface area contributed by atoms with Gasteiger partial charge in [-0.2, -0.15) is 0 Å². The van der Waals surface area contributed by atoms with E-state index in [1.54, 1.807) is 0 Å². The fraction of sp³-hybridized carbons (Fsp3) is 1.00. The molecule has 0 unspecified atom stereocenters. The maximum absolute atomic E-state index is 3.55. The van der Waals surface area contributed by atoms with Crippen molar-refractivity contribution in [3.63, 3.8) is 0 Å². The van der Waals surface area contributed by atoms with Crippen LogP contribution in [0.4, 0.5) is 0 Å². The van der Waals surface area contributed by atoms with Gasteiger partial charge in [0.1, 0.15) is 0 Å². The Kier molecular flexibility index (Phi) is 5.49. The van der Waals surface area contributed by atoms with Crippen LogP contribution >= 0.6 is 0 Å². The van der Waals surface area contributed by atoms with Gasteiger partial charge in [-0.3, -0.25) is 0 Å². The van der Waals surface area contributed by atoms with E-state index in [1.807, 2.05) is 0 Å². The minimum atomic E-state index is 0.855. The molecule has 14 heavy (non-hydrogen) atoms. The lowest BCUT2D eigenvalue weighted by molar-refractivity contribution is 0.315. The van der Waals surface area contributed by atoms with Crippen LogP contribution in [0.3, 0.4) is 0 Å². The summed E-state index contributed by atoms with van der Waals surface area (Å²) in [5.74, 6) is 0.855. The lowest BCUT2D eigenvalue weighted by atomic mass is 10.1. The highest BCUT2D eigenvalue weighted by Crippen LogP contribution is 2.17. The van der Waals surface area contributed by atoms with Gasteiger partial charge in [0, 0.05) is 19.1 Å². The third-order valence-electron chi connectivity index (χ3n) is 2.83. The van der Waals surface area contributed by atoms with E-state index in [0.717, 1.165) is 12.0 Å². The minimum absolute atomic E-state index is 0.855. The summed E-state index contributed by atoms with van der Waals surface area (Å²) in [5, 5.41) is 3.55. The molecule has 0 radical (unpaired) electrons. The van der Waals surface area contributed by atoms with Crippen molar-refractivity contribution in [2.45, 2.75) is 45.6 Å². The van der Waals surface area contributed by atoms with E-state index in [4.69, 9.17) is 0 Å². The van der Waals surface area contributed by atoms with E-state index in [2.05, 4.69) is 31.1 Å². The van der Waals surface area contributed by atoms with Crippen LogP contribution in [-0.2, 0) is 0 Å². The second-order valence-corrected chi connectivity index (χ2v) is 5.07. The predicted octanol–water partition coefficient (Wildman–Crippen LogP) is 2.11. The smallest absolute Gasteiger partial charge is 0.0104 e. The van der Waals surface area contributed by atoms with Crippen LogP contribution in [0.15, 0.2) is 0 Å². The molecule has 1 aliphatic carbocycles. The van der Waals surface area contributed by atoms with Crippen LogP contribution in [0.5, 0.6) is 0 Å². The normalized spacial score (nSPS) is 16.9. The molecule has 1 saturated carbocycles. The highest BCUT2D eigenvalue weighted by Gasteiger charge is 2.19. The summed E-state index contributed by atoms with van der Waals surface area (Å²) in [7, 11) is 2.23. The summed E-state index contributed by atoms with van der Waals surface area (Å²) in [6.45, 7) is 8.23. The van der Waals surface area contributed by atoms with Gasteiger partial charge in [0.05, 0.1) is 0 Å². The van der Waals surface area contributed by atoms with Crippen molar-refractivity contribution in [1.29, 1.82) is 0 Å². The maximum Gasteiger partial charge on any atom is 0.0104 e. The SMILES string of the molecule is CC(C)CCCN(C)CCNC1CC1. The largest absolute Gasteiger partial charge is 0.313 e. The molecule has 84 valence electrons. The number of nitrogens with zero attached hydrogens (tertiary/aromatic N) is 1. The van der Waals surface area contributed by atoms with Gasteiger partial charge in [-0.15, -0.1) is 0 Å². The van der Waals surface area contributed by atoms with Crippen molar-refractivity contribution >= 4 is 0 Å². The van der Waals surface area contributed by atoms with E-state index in [0.29, 0.717) is 0 Å². The Morgan fingerprint density at radius 2 is 2.00 bits per heavy atom. The number of likely N-dealkylation sites (N-methyl/N-ethyl adjacent to an activating group) is 1. The van der Waals surface area contributed by atoms with Gasteiger partial charge in [0.2, 0.25) is 0 Å². The zero-order valence-electron chi connectivity index (χ0n) is 10.1. The van der Waals surface area contributed by atoms with Crippen LogP contribution in [0.25, 0.3) is 0 Å². The van der Waals surface area contributed by atoms with Crippen LogP contribution in [0, 0.1) is 5.92 Å². The highest BCUT2D eigenvalue weighted by atomic mass is 15.1. The van der Waals surface area contributed by atoms with E-state index < -0.39 is 0 Å². The molecule has 0 aliphatic heterocycles. The molecule has 0 bridgehead atoms. The fourth-order valence-corrected chi connectivity index (χ4v) is 1.63. The number of hydrogen-bond acceptors (Lipinski definition) is 2. The molecule has 1 rings (SSSR count). The maximum atomic E-state index is 3.55. The van der Waals surface area contributed by atoms with Crippen LogP contribution < -0.4 is 5.32 Å². The molecule has 1 aliphatic rings. The number of nitrogens with one attached hydrogen (secondary N) is 1. The van der Waals surface area contributed by atoms with E-state index >= 15 is 0 Å². The standard InChI is InChI=1S/C12H26N2/c1-11(2)5-4-9-14(3)10-8-13-12-6-7-12/h11-13H,4-10H2,1-3H3. The first-order valence-electron chi connectivity index (χ1n) is 6.10. The van der Waals surface area contributed by atoms with E-state index in [1.165, 1.54) is 45.3 Å². The van der Waals surface area contributed by atoms with Crippen LogP contribution in [0.1, 0.15) is 39.5 Å². The molecule has 1 fully saturated rings. The van der Waals surface area contributed by atoms with E-state index in [9.17, 15) is 0 Å². The Labute approximate surface area is 89.1 Å². The summed E-state index contributed by atoms with van der Waals surface area (Å²) in [6, 6.07) is 0.860. The molecule has 0 aromatic rings. The van der Waals surface area contributed by atoms with Gasteiger partial charge in [-0.1, -0.05) is 13.8 Å². The fourth-order valence-electron chi connectivity index (χ4n) is 1.63. The number of hydrogen-bond donors (Lipinski definition) is 1. The first kappa shape index (κ1) is 12.0. The second-order valence-electron chi connectivity index (χ2n) is 5.07. The van der Waals surface area contributed by atoms with Crippen LogP contribution in [-0.4, -0.2) is 37.6 Å². The lowest BCUT2D eigenvalue weighted by Gasteiger charge is -2.17. The molecule has 0 amide bonds. The zero-order chi connectivity index (χ0) is 10.4. The average Bonchev–Trinajstić information content (AvgIpc) is 2.87. The molecular weight excluding hydrogens is 172 g/mol. The van der Waals surface area contributed by atoms with Crippen molar-refractivity contribution in [3.05, 3.63) is 0 Å². The minimum Gasteiger partial charge on any atom is -0.313 e. The summed E-state index contributed by atoms with van der Waals surface area (Å²) < 4.78 is 0. The van der Waals surface area contributed by atoms with Crippen LogP contribution in [0.2, 0.25) is 0 Å². The summed E-state index contributed by atoms with van der Waals surface area (Å²) in [6.07, 6.45) is 5.51. The first-order valence-corrected chi connectivity index (χ1v) is 6.10. The quantitative estimate of drug-likeness (QED) is 0.642. The van der Waals surface area contributed by atoms with Gasteiger partial charge in [-0.05, 0) is 45.2 Å². The van der Waals surface area contributed by atoms with Gasteiger partial charge in [0.25, 0.3) is 0 Å². The molecule has 1 N–H and O–H groups in total. The van der Waals surface area contributed by atoms with Crippen molar-refractivity contribution in [2.24, 2.45) is 5.92 Å². The first-order chi connectivity index (χ1) is 6.68. The van der Waals surface area contributed by atoms with E-state index in [-0.39, 0.29) is 0 Å². The lowest BCUT2D eigenvalue weighted by Crippen LogP contribution is -2.31. The Morgan fingerprint density at radius 3 is 2.57 bits per heavy atom. The van der Waals surface area contributed by atoms with Gasteiger partial charge < -0.3 is 10.2 Å². The predicted molar refractivity (Wildman–Crippen MR) is 62.6 cm³/mol. The monoisotopic (exact) mass is 198 g/mol. The molecule has 0 atom stereocenters. The van der Waals surface area contributed by atoms with Gasteiger partial charge >= 0.3 is 0 Å². The zero-order valence-corrected chi connectivity index (χ0v) is 10.1. The third-order valence-corrected chi connectivity index (χ3v) is 2.83. The Balaban J connectivity index is 1.84. The molecule has 2 nitrogen and oxygen atoms in total. The Hall–Kier alpha value is -0.0800. The molecule has 0 aromatic heterocycles. The molecule has 0 aromatic carbocycles. The topological polar surface area (TPSA) is 15.3 Å². The number of rotatable bonds is 8. The van der Waals surface area contributed by atoms with Crippen molar-refractivity contribution in [2.75, 3.05) is 26.7 Å². The van der Waals surface area contributed by atoms with Crippen molar-refractivity contribution < 1.29 is 0 Å². The molecule has 0 saturated heterocycles. The van der Waals surface area contributed by atoms with Gasteiger partial charge in [0.15, 0.2) is 0 Å². The van der Waals surface area contributed by atoms with Crippen molar-refractivity contribution in [3.8, 4) is 0 Å². The highest BCUT2D eigenvalue weighted by molar-refractivity contribution is 4.80. The molecular formula is C12H26N2. The summed E-state index contributed by atoms with van der Waals surface area (Å²) in [5.41, 5.74) is 0. The Morgan fingerprint density at radius 1 is 1.29 bits per heavy atom. The molecule has 2 heteroatoms. The Bertz CT molecular complexity index is 133. The van der Waals surface area contributed by atoms with Crippen molar-refractivity contribution in [1.82, 2.24) is 10.2 Å². The third kappa shape index (κ3) is 6.39. The average molecular weight is 198 g/mol. The molecule has 0 spiro atoms. The summed E-state index contributed by atoms with van der Waals surface area (Å²) >= 11 is 0. The van der Waals surface area contributed by atoms with Gasteiger partial charge in [-0.25, -0.2) is 0 Å². The molecule has 0 heterocycles.